The summed E-state index contributed by atoms with van der Waals surface area (Å²) in [4.78, 5) is 24.1. The molecule has 1 fully saturated rings. The van der Waals surface area contributed by atoms with E-state index >= 15 is 0 Å². The van der Waals surface area contributed by atoms with E-state index < -0.39 is 0 Å². The van der Waals surface area contributed by atoms with Gasteiger partial charge in [-0.05, 0) is 55.3 Å². The van der Waals surface area contributed by atoms with Gasteiger partial charge < -0.3 is 20.1 Å². The lowest BCUT2D eigenvalue weighted by Gasteiger charge is -2.18. The van der Waals surface area contributed by atoms with Gasteiger partial charge in [0.2, 0.25) is 5.91 Å². The molecule has 0 unspecified atom stereocenters. The van der Waals surface area contributed by atoms with Crippen LogP contribution in [0, 0.1) is 5.92 Å². The molecule has 0 atom stereocenters. The minimum atomic E-state index is -0.230. The molecule has 0 radical (unpaired) electrons. The second kappa shape index (κ2) is 6.47. The largest absolute Gasteiger partial charge is 0.486 e. The van der Waals surface area contributed by atoms with Gasteiger partial charge >= 0.3 is 0 Å². The third kappa shape index (κ3) is 3.57. The summed E-state index contributed by atoms with van der Waals surface area (Å²) < 4.78 is 10.9. The summed E-state index contributed by atoms with van der Waals surface area (Å²) in [6.45, 7) is 0.994. The minimum Gasteiger partial charge on any atom is -0.486 e. The van der Waals surface area contributed by atoms with Crippen molar-refractivity contribution in [3.8, 4) is 11.5 Å². The van der Waals surface area contributed by atoms with Gasteiger partial charge in [0.25, 0.3) is 5.91 Å². The summed E-state index contributed by atoms with van der Waals surface area (Å²) in [5.74, 6) is 1.23. The number of benzene rings is 2. The number of amides is 2. The molecular weight excluding hydrogens is 320 g/mol. The number of rotatable bonds is 4. The van der Waals surface area contributed by atoms with Gasteiger partial charge in [0.1, 0.15) is 13.2 Å². The third-order valence-electron chi connectivity index (χ3n) is 4.16. The van der Waals surface area contributed by atoms with Gasteiger partial charge in [-0.2, -0.15) is 0 Å². The fourth-order valence-electron chi connectivity index (χ4n) is 2.61. The van der Waals surface area contributed by atoms with Crippen molar-refractivity contribution in [2.45, 2.75) is 12.8 Å². The molecule has 1 heterocycles. The maximum absolute atomic E-state index is 12.4. The predicted octanol–water partition coefficient (Wildman–Crippen LogP) is 3.06. The average molecular weight is 338 g/mol. The van der Waals surface area contributed by atoms with Crippen LogP contribution in [0.15, 0.2) is 42.5 Å². The smallest absolute Gasteiger partial charge is 0.255 e. The fourth-order valence-corrected chi connectivity index (χ4v) is 2.61. The Labute approximate surface area is 145 Å². The molecule has 128 valence electrons. The fraction of sp³-hybridized carbons (Fsp3) is 0.263. The van der Waals surface area contributed by atoms with Gasteiger partial charge in [-0.3, -0.25) is 9.59 Å². The molecule has 1 aliphatic heterocycles. The van der Waals surface area contributed by atoms with Crippen molar-refractivity contribution in [1.29, 1.82) is 0 Å². The lowest BCUT2D eigenvalue weighted by atomic mass is 10.1. The van der Waals surface area contributed by atoms with Gasteiger partial charge in [-0.25, -0.2) is 0 Å². The van der Waals surface area contributed by atoms with Crippen LogP contribution in [0.25, 0.3) is 0 Å². The Morgan fingerprint density at radius 2 is 1.48 bits per heavy atom. The number of anilines is 2. The molecule has 2 amide bonds. The van der Waals surface area contributed by atoms with E-state index in [-0.39, 0.29) is 17.7 Å². The molecule has 1 aliphatic carbocycles. The highest BCUT2D eigenvalue weighted by Crippen LogP contribution is 2.31. The van der Waals surface area contributed by atoms with Crippen LogP contribution in [-0.4, -0.2) is 25.0 Å². The lowest BCUT2D eigenvalue weighted by molar-refractivity contribution is -0.117. The Bertz CT molecular complexity index is 813. The molecule has 2 aromatic rings. The summed E-state index contributed by atoms with van der Waals surface area (Å²) in [5, 5.41) is 5.70. The van der Waals surface area contributed by atoms with Gasteiger partial charge in [-0.15, -0.1) is 0 Å². The standard InChI is InChI=1S/C19H18N2O4/c22-18(12-1-2-12)20-14-4-6-15(7-5-14)21-19(23)13-3-8-16-17(11-13)25-10-9-24-16/h3-8,11-12H,1-2,9-10H2,(H,20,22)(H,21,23). The number of hydrogen-bond donors (Lipinski definition) is 2. The molecular formula is C19H18N2O4. The monoisotopic (exact) mass is 338 g/mol. The normalized spacial score (nSPS) is 15.4. The Balaban J connectivity index is 1.41. The number of hydrogen-bond acceptors (Lipinski definition) is 4. The van der Waals surface area contributed by atoms with Crippen molar-refractivity contribution in [3.05, 3.63) is 48.0 Å². The Morgan fingerprint density at radius 1 is 0.840 bits per heavy atom. The first-order valence-corrected chi connectivity index (χ1v) is 8.31. The van der Waals surface area contributed by atoms with Crippen molar-refractivity contribution in [2.24, 2.45) is 5.92 Å². The Kier molecular flexibility index (Phi) is 4.01. The Hall–Kier alpha value is -3.02. The molecule has 1 saturated carbocycles. The molecule has 4 rings (SSSR count). The first-order valence-electron chi connectivity index (χ1n) is 8.31. The molecule has 0 bridgehead atoms. The van der Waals surface area contributed by atoms with Crippen molar-refractivity contribution < 1.29 is 19.1 Å². The summed E-state index contributed by atoms with van der Waals surface area (Å²) in [7, 11) is 0. The van der Waals surface area contributed by atoms with Crippen LogP contribution in [0.2, 0.25) is 0 Å². The highest BCUT2D eigenvalue weighted by Gasteiger charge is 2.29. The molecule has 0 spiro atoms. The van der Waals surface area contributed by atoms with Crippen molar-refractivity contribution in [1.82, 2.24) is 0 Å². The average Bonchev–Trinajstić information content (AvgIpc) is 3.48. The number of nitrogens with one attached hydrogen (secondary N) is 2. The van der Waals surface area contributed by atoms with E-state index in [9.17, 15) is 9.59 Å². The van der Waals surface area contributed by atoms with Crippen LogP contribution in [0.4, 0.5) is 11.4 Å². The van der Waals surface area contributed by atoms with Crippen LogP contribution in [0.3, 0.4) is 0 Å². The van der Waals surface area contributed by atoms with E-state index in [1.807, 2.05) is 0 Å². The molecule has 2 N–H and O–H groups in total. The number of ether oxygens (including phenoxy) is 2. The van der Waals surface area contributed by atoms with Crippen LogP contribution < -0.4 is 20.1 Å². The first kappa shape index (κ1) is 15.5. The second-order valence-corrected chi connectivity index (χ2v) is 6.15. The van der Waals surface area contributed by atoms with Gasteiger partial charge in [0.15, 0.2) is 11.5 Å². The number of carbonyl (C=O) groups is 2. The van der Waals surface area contributed by atoms with Crippen LogP contribution in [-0.2, 0) is 4.79 Å². The van der Waals surface area contributed by atoms with Crippen LogP contribution in [0.5, 0.6) is 11.5 Å². The highest BCUT2D eigenvalue weighted by molar-refractivity contribution is 6.04. The van der Waals surface area contributed by atoms with E-state index in [1.54, 1.807) is 42.5 Å². The zero-order valence-corrected chi connectivity index (χ0v) is 13.6. The second-order valence-electron chi connectivity index (χ2n) is 6.15. The quantitative estimate of drug-likeness (QED) is 0.898. The minimum absolute atomic E-state index is 0.0630. The van der Waals surface area contributed by atoms with E-state index in [0.29, 0.717) is 36.0 Å². The van der Waals surface area contributed by atoms with Crippen LogP contribution >= 0.6 is 0 Å². The maximum Gasteiger partial charge on any atom is 0.255 e. The summed E-state index contributed by atoms with van der Waals surface area (Å²) in [6, 6.07) is 12.2. The summed E-state index contributed by atoms with van der Waals surface area (Å²) >= 11 is 0. The van der Waals surface area contributed by atoms with E-state index in [2.05, 4.69) is 10.6 Å². The highest BCUT2D eigenvalue weighted by atomic mass is 16.6. The van der Waals surface area contributed by atoms with Gasteiger partial charge in [-0.1, -0.05) is 0 Å². The maximum atomic E-state index is 12.4. The van der Waals surface area contributed by atoms with Crippen molar-refractivity contribution in [2.75, 3.05) is 23.8 Å². The SMILES string of the molecule is O=C(Nc1ccc(NC(=O)C2CC2)cc1)c1ccc2c(c1)OCCO2. The third-order valence-corrected chi connectivity index (χ3v) is 4.16. The zero-order chi connectivity index (χ0) is 17.2. The molecule has 6 heteroatoms. The van der Waals surface area contributed by atoms with E-state index in [0.717, 1.165) is 18.5 Å². The number of fused-ring (bicyclic) bond motifs is 1. The lowest BCUT2D eigenvalue weighted by Crippen LogP contribution is -2.17. The van der Waals surface area contributed by atoms with Gasteiger partial charge in [0.05, 0.1) is 0 Å². The molecule has 25 heavy (non-hydrogen) atoms. The van der Waals surface area contributed by atoms with E-state index in [4.69, 9.17) is 9.47 Å². The summed E-state index contributed by atoms with van der Waals surface area (Å²) in [5.41, 5.74) is 1.88. The molecule has 6 nitrogen and oxygen atoms in total. The molecule has 2 aromatic carbocycles. The number of carbonyl (C=O) groups excluding carboxylic acids is 2. The molecule has 2 aliphatic rings. The summed E-state index contributed by atoms with van der Waals surface area (Å²) in [6.07, 6.45) is 1.94. The first-order chi connectivity index (χ1) is 12.2. The Morgan fingerprint density at radius 3 is 2.16 bits per heavy atom. The van der Waals surface area contributed by atoms with Gasteiger partial charge in [0, 0.05) is 22.9 Å². The zero-order valence-electron chi connectivity index (χ0n) is 13.6. The van der Waals surface area contributed by atoms with Crippen molar-refractivity contribution >= 4 is 23.2 Å². The topological polar surface area (TPSA) is 76.7 Å². The van der Waals surface area contributed by atoms with Crippen molar-refractivity contribution in [3.63, 3.8) is 0 Å². The molecule has 0 aromatic heterocycles. The molecule has 0 saturated heterocycles. The van der Waals surface area contributed by atoms with Crippen LogP contribution in [0.1, 0.15) is 23.2 Å². The predicted molar refractivity (Wildman–Crippen MR) is 93.2 cm³/mol. The van der Waals surface area contributed by atoms with E-state index in [1.165, 1.54) is 0 Å².